The second-order valence-corrected chi connectivity index (χ2v) is 9.69. The molecule has 8 heteroatoms. The lowest BCUT2D eigenvalue weighted by Gasteiger charge is -2.36. The Labute approximate surface area is 191 Å². The second kappa shape index (κ2) is 10.5. The van der Waals surface area contributed by atoms with Gasteiger partial charge in [0.2, 0.25) is 0 Å². The number of rotatable bonds is 6. The van der Waals surface area contributed by atoms with Crippen molar-refractivity contribution < 1.29 is 14.7 Å². The van der Waals surface area contributed by atoms with E-state index in [1.807, 2.05) is 12.1 Å². The summed E-state index contributed by atoms with van der Waals surface area (Å²) in [5, 5.41) is 12.5. The quantitative estimate of drug-likeness (QED) is 0.699. The van der Waals surface area contributed by atoms with Crippen LogP contribution < -0.4 is 15.1 Å². The molecule has 2 N–H and O–H groups in total. The van der Waals surface area contributed by atoms with Crippen LogP contribution in [-0.4, -0.2) is 79.2 Å². The van der Waals surface area contributed by atoms with Crippen LogP contribution in [0, 0.1) is 5.92 Å². The van der Waals surface area contributed by atoms with E-state index in [1.54, 1.807) is 0 Å². The Balaban J connectivity index is 1.55. The number of anilines is 2. The van der Waals surface area contributed by atoms with Crippen molar-refractivity contribution in [2.45, 2.75) is 57.4 Å². The van der Waals surface area contributed by atoms with Crippen molar-refractivity contribution in [3.63, 3.8) is 0 Å². The third-order valence-corrected chi connectivity index (χ3v) is 7.15. The first-order chi connectivity index (χ1) is 15.5. The molecule has 0 radical (unpaired) electrons. The molecule has 1 aromatic rings. The predicted molar refractivity (Wildman–Crippen MR) is 125 cm³/mol. The van der Waals surface area contributed by atoms with Crippen molar-refractivity contribution >= 4 is 23.5 Å². The van der Waals surface area contributed by atoms with Crippen molar-refractivity contribution in [1.82, 2.24) is 15.2 Å². The number of amides is 1. The minimum Gasteiger partial charge on any atom is -0.481 e. The van der Waals surface area contributed by atoms with Gasteiger partial charge < -0.3 is 25.1 Å². The summed E-state index contributed by atoms with van der Waals surface area (Å²) in [4.78, 5) is 36.1. The van der Waals surface area contributed by atoms with Crippen molar-refractivity contribution in [3.8, 4) is 0 Å². The van der Waals surface area contributed by atoms with Gasteiger partial charge in [-0.05, 0) is 50.8 Å². The smallest absolute Gasteiger partial charge is 0.303 e. The Morgan fingerprint density at radius 1 is 1.00 bits per heavy atom. The molecule has 1 atom stereocenters. The molecule has 0 spiro atoms. The number of hydrogen-bond donors (Lipinski definition) is 2. The Kier molecular flexibility index (Phi) is 7.50. The van der Waals surface area contributed by atoms with Crippen molar-refractivity contribution in [2.24, 2.45) is 5.92 Å². The molecule has 3 aliphatic rings. The lowest BCUT2D eigenvalue weighted by molar-refractivity contribution is -0.138. The van der Waals surface area contributed by atoms with Crippen molar-refractivity contribution in [2.75, 3.05) is 56.1 Å². The van der Waals surface area contributed by atoms with Gasteiger partial charge in [0.25, 0.3) is 5.91 Å². The molecule has 0 unspecified atom stereocenters. The predicted octanol–water partition coefficient (Wildman–Crippen LogP) is 2.59. The van der Waals surface area contributed by atoms with E-state index >= 15 is 0 Å². The maximum atomic E-state index is 13.2. The monoisotopic (exact) mass is 443 g/mol. The Morgan fingerprint density at radius 3 is 2.47 bits per heavy atom. The highest BCUT2D eigenvalue weighted by atomic mass is 16.4. The first-order valence-electron chi connectivity index (χ1n) is 12.2. The van der Waals surface area contributed by atoms with Gasteiger partial charge in [0, 0.05) is 51.7 Å². The molecule has 0 bridgehead atoms. The number of aliphatic carboxylic acids is 1. The first kappa shape index (κ1) is 22.8. The summed E-state index contributed by atoms with van der Waals surface area (Å²) in [7, 11) is 2.12. The standard InChI is InChI=1S/C24H37N5O3/c1-27-12-14-28(15-13-27)23-20(24(32)25-19-7-3-2-4-8-19)9-10-21(26-23)29-11-5-6-18(17-29)16-22(30)31/h9-10,18-19H,2-8,11-17H2,1H3,(H,25,32)(H,30,31)/t18-/m0/s1. The van der Waals surface area contributed by atoms with E-state index in [0.717, 1.165) is 70.0 Å². The first-order valence-corrected chi connectivity index (χ1v) is 12.2. The van der Waals surface area contributed by atoms with Gasteiger partial charge in [0.15, 0.2) is 0 Å². The molecule has 1 aliphatic carbocycles. The highest BCUT2D eigenvalue weighted by Gasteiger charge is 2.27. The van der Waals surface area contributed by atoms with E-state index in [-0.39, 0.29) is 24.3 Å². The molecule has 1 amide bonds. The van der Waals surface area contributed by atoms with Crippen LogP contribution in [-0.2, 0) is 4.79 Å². The van der Waals surface area contributed by atoms with E-state index < -0.39 is 5.97 Å². The van der Waals surface area contributed by atoms with Crippen LogP contribution in [0.5, 0.6) is 0 Å². The molecule has 3 heterocycles. The number of hydrogen-bond acceptors (Lipinski definition) is 6. The van der Waals surface area contributed by atoms with Crippen LogP contribution >= 0.6 is 0 Å². The summed E-state index contributed by atoms with van der Waals surface area (Å²) in [5.74, 6) is 1.00. The lowest BCUT2D eigenvalue weighted by atomic mass is 9.95. The SMILES string of the molecule is CN1CCN(c2nc(N3CCC[C@@H](CC(=O)O)C3)ccc2C(=O)NC2CCCCC2)CC1. The number of carbonyl (C=O) groups excluding carboxylic acids is 1. The molecule has 3 fully saturated rings. The minimum absolute atomic E-state index is 0.0210. The Morgan fingerprint density at radius 2 is 1.75 bits per heavy atom. The number of piperazine rings is 1. The summed E-state index contributed by atoms with van der Waals surface area (Å²) in [6.07, 6.45) is 7.83. The summed E-state index contributed by atoms with van der Waals surface area (Å²) < 4.78 is 0. The van der Waals surface area contributed by atoms with Gasteiger partial charge >= 0.3 is 5.97 Å². The largest absolute Gasteiger partial charge is 0.481 e. The van der Waals surface area contributed by atoms with Gasteiger partial charge in [0.1, 0.15) is 11.6 Å². The maximum Gasteiger partial charge on any atom is 0.303 e. The van der Waals surface area contributed by atoms with Crippen molar-refractivity contribution in [3.05, 3.63) is 17.7 Å². The van der Waals surface area contributed by atoms with Crippen LogP contribution in [0.2, 0.25) is 0 Å². The minimum atomic E-state index is -0.738. The van der Waals surface area contributed by atoms with Crippen LogP contribution in [0.3, 0.4) is 0 Å². The number of nitrogens with one attached hydrogen (secondary N) is 1. The van der Waals surface area contributed by atoms with E-state index in [0.29, 0.717) is 12.1 Å². The molecule has 2 saturated heterocycles. The van der Waals surface area contributed by atoms with E-state index in [4.69, 9.17) is 4.98 Å². The summed E-state index contributed by atoms with van der Waals surface area (Å²) >= 11 is 0. The highest BCUT2D eigenvalue weighted by molar-refractivity contribution is 5.99. The Hall–Kier alpha value is -2.35. The summed E-state index contributed by atoms with van der Waals surface area (Å²) in [5.41, 5.74) is 0.656. The number of aromatic nitrogens is 1. The van der Waals surface area contributed by atoms with Crippen LogP contribution in [0.4, 0.5) is 11.6 Å². The molecular weight excluding hydrogens is 406 g/mol. The van der Waals surface area contributed by atoms with Gasteiger partial charge in [-0.15, -0.1) is 0 Å². The normalized spacial score (nSPS) is 23.2. The van der Waals surface area contributed by atoms with Crippen LogP contribution in [0.1, 0.15) is 61.7 Å². The molecular formula is C24H37N5O3. The van der Waals surface area contributed by atoms with Gasteiger partial charge in [0.05, 0.1) is 5.56 Å². The number of nitrogens with zero attached hydrogens (tertiary/aromatic N) is 4. The fraction of sp³-hybridized carbons (Fsp3) is 0.708. The topological polar surface area (TPSA) is 89.0 Å². The van der Waals surface area contributed by atoms with Crippen LogP contribution in [0.15, 0.2) is 12.1 Å². The third kappa shape index (κ3) is 5.71. The zero-order chi connectivity index (χ0) is 22.5. The molecule has 2 aliphatic heterocycles. The van der Waals surface area contributed by atoms with Crippen molar-refractivity contribution in [1.29, 1.82) is 0 Å². The molecule has 0 aromatic carbocycles. The average Bonchev–Trinajstić information content (AvgIpc) is 2.79. The fourth-order valence-electron chi connectivity index (χ4n) is 5.25. The number of likely N-dealkylation sites (N-methyl/N-ethyl adjacent to an activating group) is 1. The highest BCUT2D eigenvalue weighted by Crippen LogP contribution is 2.28. The zero-order valence-electron chi connectivity index (χ0n) is 19.3. The van der Waals surface area contributed by atoms with Gasteiger partial charge in [-0.1, -0.05) is 19.3 Å². The number of carboxylic acid groups (broad SMARTS) is 1. The number of piperidine rings is 1. The van der Waals surface area contributed by atoms with E-state index in [1.165, 1.54) is 19.3 Å². The molecule has 1 saturated carbocycles. The zero-order valence-corrected chi connectivity index (χ0v) is 19.3. The average molecular weight is 444 g/mol. The van der Waals surface area contributed by atoms with E-state index in [9.17, 15) is 14.7 Å². The van der Waals surface area contributed by atoms with Gasteiger partial charge in [-0.3, -0.25) is 9.59 Å². The van der Waals surface area contributed by atoms with E-state index in [2.05, 4.69) is 27.1 Å². The van der Waals surface area contributed by atoms with Gasteiger partial charge in [-0.25, -0.2) is 4.98 Å². The molecule has 8 nitrogen and oxygen atoms in total. The molecule has 32 heavy (non-hydrogen) atoms. The Bertz CT molecular complexity index is 803. The summed E-state index contributed by atoms with van der Waals surface area (Å²) in [6, 6.07) is 4.13. The number of pyridine rings is 1. The molecule has 4 rings (SSSR count). The maximum absolute atomic E-state index is 13.2. The number of carbonyl (C=O) groups is 2. The molecule has 176 valence electrons. The fourth-order valence-corrected chi connectivity index (χ4v) is 5.25. The van der Waals surface area contributed by atoms with Gasteiger partial charge in [-0.2, -0.15) is 0 Å². The molecule has 1 aromatic heterocycles. The lowest BCUT2D eigenvalue weighted by Crippen LogP contribution is -2.46. The van der Waals surface area contributed by atoms with Crippen LogP contribution in [0.25, 0.3) is 0 Å². The second-order valence-electron chi connectivity index (χ2n) is 9.69. The number of carboxylic acids is 1. The summed E-state index contributed by atoms with van der Waals surface area (Å²) in [6.45, 7) is 5.16. The third-order valence-electron chi connectivity index (χ3n) is 7.15.